The van der Waals surface area contributed by atoms with Crippen molar-refractivity contribution in [3.63, 3.8) is 0 Å². The van der Waals surface area contributed by atoms with Gasteiger partial charge in [0, 0.05) is 25.0 Å². The summed E-state index contributed by atoms with van der Waals surface area (Å²) in [6.45, 7) is 2.61. The van der Waals surface area contributed by atoms with Gasteiger partial charge in [-0.05, 0) is 19.8 Å². The molecule has 1 aliphatic rings. The molecule has 0 radical (unpaired) electrons. The predicted octanol–water partition coefficient (Wildman–Crippen LogP) is 2.13. The third-order valence-corrected chi connectivity index (χ3v) is 3.79. The minimum atomic E-state index is -1.02. The van der Waals surface area contributed by atoms with Crippen molar-refractivity contribution < 1.29 is 15.4 Å². The van der Waals surface area contributed by atoms with E-state index in [1.165, 1.54) is 18.8 Å². The summed E-state index contributed by atoms with van der Waals surface area (Å²) in [6, 6.07) is 0.271. The van der Waals surface area contributed by atoms with Gasteiger partial charge in [-0.25, -0.2) is 9.78 Å². The SMILES string of the molecule is CCNc1ncc(C(=O)O)c(NC2CCCCC2)c1C=N.O. The van der Waals surface area contributed by atoms with E-state index in [-0.39, 0.29) is 17.1 Å². The van der Waals surface area contributed by atoms with Gasteiger partial charge in [-0.15, -0.1) is 0 Å². The van der Waals surface area contributed by atoms with Gasteiger partial charge in [-0.2, -0.15) is 0 Å². The molecule has 7 nitrogen and oxygen atoms in total. The number of aromatic nitrogens is 1. The number of carboxylic acids is 1. The predicted molar refractivity (Wildman–Crippen MR) is 87.4 cm³/mol. The molecule has 0 spiro atoms. The Labute approximate surface area is 130 Å². The highest BCUT2D eigenvalue weighted by Gasteiger charge is 2.21. The van der Waals surface area contributed by atoms with E-state index in [1.807, 2.05) is 6.92 Å². The highest BCUT2D eigenvalue weighted by molar-refractivity contribution is 6.02. The van der Waals surface area contributed by atoms with E-state index in [4.69, 9.17) is 5.41 Å². The van der Waals surface area contributed by atoms with Gasteiger partial charge in [0.15, 0.2) is 0 Å². The summed E-state index contributed by atoms with van der Waals surface area (Å²) >= 11 is 0. The van der Waals surface area contributed by atoms with Gasteiger partial charge in [0.25, 0.3) is 0 Å². The Kier molecular flexibility index (Phi) is 6.78. The van der Waals surface area contributed by atoms with Crippen LogP contribution in [0.3, 0.4) is 0 Å². The Bertz CT molecular complexity index is 528. The molecule has 22 heavy (non-hydrogen) atoms. The smallest absolute Gasteiger partial charge is 0.339 e. The first-order chi connectivity index (χ1) is 10.2. The van der Waals surface area contributed by atoms with Crippen LogP contribution in [0.25, 0.3) is 0 Å². The van der Waals surface area contributed by atoms with Gasteiger partial charge in [0.2, 0.25) is 0 Å². The molecular weight excluding hydrogens is 284 g/mol. The van der Waals surface area contributed by atoms with Crippen molar-refractivity contribution in [3.8, 4) is 0 Å². The Balaban J connectivity index is 0.00000242. The van der Waals surface area contributed by atoms with Crippen molar-refractivity contribution in [3.05, 3.63) is 17.3 Å². The maximum atomic E-state index is 11.4. The lowest BCUT2D eigenvalue weighted by molar-refractivity contribution is 0.0697. The van der Waals surface area contributed by atoms with E-state index < -0.39 is 5.97 Å². The van der Waals surface area contributed by atoms with E-state index in [2.05, 4.69) is 15.6 Å². The molecule has 1 heterocycles. The lowest BCUT2D eigenvalue weighted by atomic mass is 9.94. The number of carbonyl (C=O) groups is 1. The zero-order valence-electron chi connectivity index (χ0n) is 12.8. The van der Waals surface area contributed by atoms with Gasteiger partial charge < -0.3 is 26.6 Å². The summed E-state index contributed by atoms with van der Waals surface area (Å²) in [5.41, 5.74) is 1.15. The first-order valence-electron chi connectivity index (χ1n) is 7.44. The largest absolute Gasteiger partial charge is 0.478 e. The molecule has 0 bridgehead atoms. The molecule has 0 aromatic carbocycles. The van der Waals surface area contributed by atoms with Crippen molar-refractivity contribution in [2.75, 3.05) is 17.2 Å². The Morgan fingerprint density at radius 2 is 2.14 bits per heavy atom. The van der Waals surface area contributed by atoms with E-state index >= 15 is 0 Å². The average Bonchev–Trinajstić information content (AvgIpc) is 2.48. The normalized spacial score (nSPS) is 14.8. The zero-order valence-corrected chi connectivity index (χ0v) is 12.8. The zero-order chi connectivity index (χ0) is 15.2. The van der Waals surface area contributed by atoms with Crippen LogP contribution >= 0.6 is 0 Å². The minimum Gasteiger partial charge on any atom is -0.478 e. The molecule has 1 aromatic rings. The topological polar surface area (TPSA) is 130 Å². The van der Waals surface area contributed by atoms with Crippen LogP contribution in [0.5, 0.6) is 0 Å². The standard InChI is InChI=1S/C15H22N4O2.H2O/c1-2-17-14-11(8-16)13(12(9-18-14)15(20)21)19-10-6-4-3-5-7-10;/h8-10,16H,2-7H2,1H3,(H,20,21)(H2,17,18,19);1H2. The third kappa shape index (κ3) is 3.94. The molecule has 1 aliphatic carbocycles. The minimum absolute atomic E-state index is 0. The number of nitrogens with one attached hydrogen (secondary N) is 3. The number of nitrogens with zero attached hydrogens (tertiary/aromatic N) is 1. The number of rotatable bonds is 6. The molecule has 1 fully saturated rings. The van der Waals surface area contributed by atoms with Gasteiger partial charge in [0.1, 0.15) is 11.4 Å². The van der Waals surface area contributed by atoms with Crippen molar-refractivity contribution in [2.24, 2.45) is 0 Å². The number of pyridine rings is 1. The molecular formula is C15H24N4O3. The van der Waals surface area contributed by atoms with Crippen molar-refractivity contribution in [2.45, 2.75) is 45.1 Å². The Morgan fingerprint density at radius 1 is 1.45 bits per heavy atom. The van der Waals surface area contributed by atoms with E-state index in [0.717, 1.165) is 25.7 Å². The second-order valence-electron chi connectivity index (χ2n) is 5.27. The van der Waals surface area contributed by atoms with Crippen LogP contribution in [0.1, 0.15) is 54.9 Å². The van der Waals surface area contributed by atoms with Gasteiger partial charge in [-0.3, -0.25) is 0 Å². The molecule has 0 amide bonds. The summed E-state index contributed by atoms with van der Waals surface area (Å²) in [5, 5.41) is 23.4. The van der Waals surface area contributed by atoms with Crippen LogP contribution in [0.2, 0.25) is 0 Å². The molecule has 2 rings (SSSR count). The van der Waals surface area contributed by atoms with Crippen LogP contribution in [-0.4, -0.2) is 40.3 Å². The van der Waals surface area contributed by atoms with E-state index in [1.54, 1.807) is 0 Å². The van der Waals surface area contributed by atoms with Crippen LogP contribution in [0, 0.1) is 5.41 Å². The van der Waals surface area contributed by atoms with Crippen molar-refractivity contribution in [1.29, 1.82) is 5.41 Å². The fourth-order valence-corrected chi connectivity index (χ4v) is 2.74. The van der Waals surface area contributed by atoms with Crippen LogP contribution < -0.4 is 10.6 Å². The molecule has 0 atom stereocenters. The van der Waals surface area contributed by atoms with E-state index in [9.17, 15) is 9.90 Å². The molecule has 0 aliphatic heterocycles. The monoisotopic (exact) mass is 308 g/mol. The van der Waals surface area contributed by atoms with Gasteiger partial charge >= 0.3 is 5.97 Å². The lowest BCUT2D eigenvalue weighted by Crippen LogP contribution is -2.25. The summed E-state index contributed by atoms with van der Waals surface area (Å²) in [5.74, 6) is -0.470. The maximum Gasteiger partial charge on any atom is 0.339 e. The maximum absolute atomic E-state index is 11.4. The first-order valence-corrected chi connectivity index (χ1v) is 7.44. The molecule has 1 aromatic heterocycles. The van der Waals surface area contributed by atoms with Gasteiger partial charge in [-0.1, -0.05) is 19.3 Å². The molecule has 1 saturated carbocycles. The average molecular weight is 308 g/mol. The number of aromatic carboxylic acids is 1. The molecule has 0 unspecified atom stereocenters. The van der Waals surface area contributed by atoms with Crippen molar-refractivity contribution >= 4 is 23.7 Å². The van der Waals surface area contributed by atoms with Crippen LogP contribution in [-0.2, 0) is 0 Å². The Hall–Kier alpha value is -2.15. The summed E-state index contributed by atoms with van der Waals surface area (Å²) in [7, 11) is 0. The molecule has 122 valence electrons. The summed E-state index contributed by atoms with van der Waals surface area (Å²) < 4.78 is 0. The van der Waals surface area contributed by atoms with Gasteiger partial charge in [0.05, 0.1) is 11.3 Å². The second kappa shape index (κ2) is 8.33. The van der Waals surface area contributed by atoms with Crippen LogP contribution in [0.15, 0.2) is 6.20 Å². The summed E-state index contributed by atoms with van der Waals surface area (Å²) in [6.07, 6.45) is 8.16. The van der Waals surface area contributed by atoms with Crippen LogP contribution in [0.4, 0.5) is 11.5 Å². The fourth-order valence-electron chi connectivity index (χ4n) is 2.74. The summed E-state index contributed by atoms with van der Waals surface area (Å²) in [4.78, 5) is 15.6. The molecule has 0 saturated heterocycles. The number of anilines is 2. The third-order valence-electron chi connectivity index (χ3n) is 3.79. The number of hydrogen-bond acceptors (Lipinski definition) is 5. The quantitative estimate of drug-likeness (QED) is 0.598. The Morgan fingerprint density at radius 3 is 2.68 bits per heavy atom. The van der Waals surface area contributed by atoms with E-state index in [0.29, 0.717) is 23.6 Å². The lowest BCUT2D eigenvalue weighted by Gasteiger charge is -2.26. The number of carboxylic acid groups (broad SMARTS) is 1. The highest BCUT2D eigenvalue weighted by Crippen LogP contribution is 2.29. The highest BCUT2D eigenvalue weighted by atomic mass is 16.4. The molecule has 6 N–H and O–H groups in total. The number of hydrogen-bond donors (Lipinski definition) is 4. The second-order valence-corrected chi connectivity index (χ2v) is 5.27. The fraction of sp³-hybridized carbons (Fsp3) is 0.533. The first kappa shape index (κ1) is 17.9. The van der Waals surface area contributed by atoms with Crippen molar-refractivity contribution in [1.82, 2.24) is 4.98 Å². The molecule has 7 heteroatoms.